The Labute approximate surface area is 163 Å². The van der Waals surface area contributed by atoms with E-state index in [4.69, 9.17) is 16.3 Å². The van der Waals surface area contributed by atoms with E-state index in [9.17, 15) is 18.0 Å². The quantitative estimate of drug-likeness (QED) is 0.560. The van der Waals surface area contributed by atoms with Crippen molar-refractivity contribution in [1.82, 2.24) is 0 Å². The van der Waals surface area contributed by atoms with Crippen LogP contribution in [0.4, 0.5) is 5.69 Å². The zero-order chi connectivity index (χ0) is 20.0. The van der Waals surface area contributed by atoms with E-state index in [-0.39, 0.29) is 11.5 Å². The van der Waals surface area contributed by atoms with Gasteiger partial charge >= 0.3 is 5.97 Å². The molecule has 0 aliphatic carbocycles. The average molecular weight is 410 g/mol. The fourth-order valence-corrected chi connectivity index (χ4v) is 4.66. The molecule has 0 heterocycles. The van der Waals surface area contributed by atoms with E-state index in [2.05, 4.69) is 5.32 Å². The lowest BCUT2D eigenvalue weighted by molar-refractivity contribution is -0.115. The molecule has 0 aliphatic heterocycles. The summed E-state index contributed by atoms with van der Waals surface area (Å²) in [5, 5.41) is 0.126. The lowest BCUT2D eigenvalue weighted by Gasteiger charge is -2.19. The van der Waals surface area contributed by atoms with Crippen LogP contribution in [0.25, 0.3) is 0 Å². The smallest absolute Gasteiger partial charge is 0.338 e. The molecule has 1 amide bonds. The van der Waals surface area contributed by atoms with Crippen LogP contribution in [-0.4, -0.2) is 37.5 Å². The highest BCUT2D eigenvalue weighted by molar-refractivity contribution is 7.93. The highest BCUT2D eigenvalue weighted by Crippen LogP contribution is 2.23. The fraction of sp³-hybridized carbons (Fsp3) is 0.263. The molecule has 0 radical (unpaired) electrons. The largest absolute Gasteiger partial charge is 0.462 e. The zero-order valence-electron chi connectivity index (χ0n) is 14.9. The molecule has 2 aromatic rings. The molecule has 2 rings (SSSR count). The Bertz CT molecular complexity index is 895. The maximum atomic E-state index is 12.8. The van der Waals surface area contributed by atoms with Gasteiger partial charge in [0.05, 0.1) is 22.4 Å². The van der Waals surface area contributed by atoms with E-state index in [1.807, 2.05) is 0 Å². The Hall–Kier alpha value is -2.38. The number of anilines is 1. The third kappa shape index (κ3) is 5.08. The Morgan fingerprint density at radius 3 is 2.19 bits per heavy atom. The molecule has 0 aliphatic rings. The van der Waals surface area contributed by atoms with E-state index in [1.54, 1.807) is 25.1 Å². The minimum Gasteiger partial charge on any atom is -0.462 e. The molecule has 144 valence electrons. The van der Waals surface area contributed by atoms with Crippen molar-refractivity contribution >= 4 is 39.0 Å². The number of halogens is 1. The Morgan fingerprint density at radius 2 is 1.67 bits per heavy atom. The van der Waals surface area contributed by atoms with Crippen molar-refractivity contribution in [3.8, 4) is 0 Å². The first-order chi connectivity index (χ1) is 12.8. The molecule has 0 unspecified atom stereocenters. The number of ether oxygens (including phenoxy) is 1. The van der Waals surface area contributed by atoms with E-state index >= 15 is 0 Å². The van der Waals surface area contributed by atoms with Crippen molar-refractivity contribution in [1.29, 1.82) is 0 Å². The number of sulfone groups is 1. The van der Waals surface area contributed by atoms with Crippen molar-refractivity contribution in [2.75, 3.05) is 11.9 Å². The molecular weight excluding hydrogens is 390 g/mol. The lowest BCUT2D eigenvalue weighted by Crippen LogP contribution is -2.40. The molecule has 0 saturated heterocycles. The summed E-state index contributed by atoms with van der Waals surface area (Å²) in [4.78, 5) is 24.3. The zero-order valence-corrected chi connectivity index (χ0v) is 16.5. The van der Waals surface area contributed by atoms with E-state index in [0.717, 1.165) is 0 Å². The van der Waals surface area contributed by atoms with Gasteiger partial charge in [0, 0.05) is 5.69 Å². The summed E-state index contributed by atoms with van der Waals surface area (Å²) in [5.41, 5.74) is 0.674. The number of carbonyl (C=O) groups excluding carboxylic acids is 2. The van der Waals surface area contributed by atoms with Gasteiger partial charge in [-0.05, 0) is 50.2 Å². The SMILES string of the molecule is CCOC(=O)c1ccc(NC(=O)[C@H]([C@H](C)Cl)S(=O)(=O)c2ccccc2)cc1. The van der Waals surface area contributed by atoms with Gasteiger partial charge in [0.25, 0.3) is 0 Å². The summed E-state index contributed by atoms with van der Waals surface area (Å²) in [6.45, 7) is 3.41. The van der Waals surface area contributed by atoms with Gasteiger partial charge in [-0.2, -0.15) is 0 Å². The Balaban J connectivity index is 2.22. The van der Waals surface area contributed by atoms with Gasteiger partial charge in [-0.3, -0.25) is 4.79 Å². The van der Waals surface area contributed by atoms with Crippen LogP contribution in [0.3, 0.4) is 0 Å². The standard InChI is InChI=1S/C19H20ClNO5S/c1-3-26-19(23)14-9-11-15(12-10-14)21-18(22)17(13(2)20)27(24,25)16-7-5-4-6-8-16/h4-13,17H,3H2,1-2H3,(H,21,22)/t13-,17-/m0/s1. The Morgan fingerprint density at radius 1 is 1.07 bits per heavy atom. The molecule has 8 heteroatoms. The molecule has 0 saturated carbocycles. The third-order valence-electron chi connectivity index (χ3n) is 3.75. The maximum Gasteiger partial charge on any atom is 0.338 e. The van der Waals surface area contributed by atoms with Crippen LogP contribution in [0.5, 0.6) is 0 Å². The number of amides is 1. The van der Waals surface area contributed by atoms with E-state index < -0.39 is 32.3 Å². The van der Waals surface area contributed by atoms with Crippen LogP contribution >= 0.6 is 11.6 Å². The number of nitrogens with one attached hydrogen (secondary N) is 1. The molecule has 0 fully saturated rings. The van der Waals surface area contributed by atoms with Gasteiger partial charge in [0.2, 0.25) is 5.91 Å². The van der Waals surface area contributed by atoms with Crippen LogP contribution in [0.15, 0.2) is 59.5 Å². The molecule has 2 aromatic carbocycles. The highest BCUT2D eigenvalue weighted by atomic mass is 35.5. The van der Waals surface area contributed by atoms with Crippen molar-refractivity contribution in [3.05, 3.63) is 60.2 Å². The second kappa shape index (κ2) is 9.01. The van der Waals surface area contributed by atoms with Gasteiger partial charge in [0.1, 0.15) is 0 Å². The number of alkyl halides is 1. The van der Waals surface area contributed by atoms with Crippen LogP contribution in [0, 0.1) is 0 Å². The summed E-state index contributed by atoms with van der Waals surface area (Å²) >= 11 is 6.04. The number of carbonyl (C=O) groups is 2. The van der Waals surface area contributed by atoms with Crippen LogP contribution in [0.2, 0.25) is 0 Å². The van der Waals surface area contributed by atoms with Gasteiger partial charge in [-0.1, -0.05) is 18.2 Å². The number of hydrogen-bond donors (Lipinski definition) is 1. The number of benzene rings is 2. The molecule has 27 heavy (non-hydrogen) atoms. The molecule has 6 nitrogen and oxygen atoms in total. The normalized spacial score (nSPS) is 13.4. The second-order valence-electron chi connectivity index (χ2n) is 5.74. The average Bonchev–Trinajstić information content (AvgIpc) is 2.62. The fourth-order valence-electron chi connectivity index (χ4n) is 2.47. The van der Waals surface area contributed by atoms with Crippen LogP contribution in [-0.2, 0) is 19.4 Å². The minimum absolute atomic E-state index is 0.0234. The molecule has 1 N–H and O–H groups in total. The first-order valence-electron chi connectivity index (χ1n) is 8.28. The first-order valence-corrected chi connectivity index (χ1v) is 10.3. The lowest BCUT2D eigenvalue weighted by atomic mass is 10.2. The predicted octanol–water partition coefficient (Wildman–Crippen LogP) is 3.27. The molecule has 0 bridgehead atoms. The van der Waals surface area contributed by atoms with Gasteiger partial charge < -0.3 is 10.1 Å². The van der Waals surface area contributed by atoms with Crippen LogP contribution in [0.1, 0.15) is 24.2 Å². The number of hydrogen-bond acceptors (Lipinski definition) is 5. The van der Waals surface area contributed by atoms with Crippen LogP contribution < -0.4 is 5.32 Å². The number of rotatable bonds is 7. The summed E-state index contributed by atoms with van der Waals surface area (Å²) in [5.74, 6) is -1.22. The van der Waals surface area contributed by atoms with Gasteiger partial charge in [-0.25, -0.2) is 13.2 Å². The van der Waals surface area contributed by atoms with Crippen molar-refractivity contribution in [2.45, 2.75) is 29.4 Å². The number of esters is 1. The second-order valence-corrected chi connectivity index (χ2v) is 8.50. The maximum absolute atomic E-state index is 12.8. The van der Waals surface area contributed by atoms with Gasteiger partial charge in [-0.15, -0.1) is 11.6 Å². The van der Waals surface area contributed by atoms with Crippen molar-refractivity contribution < 1.29 is 22.7 Å². The monoisotopic (exact) mass is 409 g/mol. The topological polar surface area (TPSA) is 89.5 Å². The molecule has 2 atom stereocenters. The van der Waals surface area contributed by atoms with E-state index in [1.165, 1.54) is 43.3 Å². The van der Waals surface area contributed by atoms with Crippen molar-refractivity contribution in [3.63, 3.8) is 0 Å². The molecule has 0 spiro atoms. The minimum atomic E-state index is -3.97. The Kier molecular flexibility index (Phi) is 6.98. The summed E-state index contributed by atoms with van der Waals surface area (Å²) < 4.78 is 30.5. The van der Waals surface area contributed by atoms with Gasteiger partial charge in [0.15, 0.2) is 15.1 Å². The summed E-state index contributed by atoms with van der Waals surface area (Å²) in [6, 6.07) is 13.6. The third-order valence-corrected chi connectivity index (χ3v) is 6.37. The molecule has 0 aromatic heterocycles. The summed E-state index contributed by atoms with van der Waals surface area (Å²) in [6.07, 6.45) is 0. The van der Waals surface area contributed by atoms with E-state index in [0.29, 0.717) is 11.3 Å². The predicted molar refractivity (Wildman–Crippen MR) is 104 cm³/mol. The summed E-state index contributed by atoms with van der Waals surface area (Å²) in [7, 11) is -3.97. The molecular formula is C19H20ClNO5S. The first kappa shape index (κ1) is 20.9. The highest BCUT2D eigenvalue weighted by Gasteiger charge is 2.37. The van der Waals surface area contributed by atoms with Crippen molar-refractivity contribution in [2.24, 2.45) is 0 Å².